The van der Waals surface area contributed by atoms with Crippen molar-refractivity contribution in [3.8, 4) is 0 Å². The molecule has 3 atom stereocenters. The molecule has 50 valence electrons. The van der Waals surface area contributed by atoms with Crippen molar-refractivity contribution in [2.45, 2.75) is 26.2 Å². The van der Waals surface area contributed by atoms with E-state index in [1.165, 1.54) is 19.3 Å². The summed E-state index contributed by atoms with van der Waals surface area (Å²) >= 11 is 0. The Morgan fingerprint density at radius 2 is 2.22 bits per heavy atom. The van der Waals surface area contributed by atoms with Crippen LogP contribution in [0.3, 0.4) is 0 Å². The third-order valence-corrected chi connectivity index (χ3v) is 2.94. The molecule has 0 amide bonds. The van der Waals surface area contributed by atoms with E-state index in [1.54, 1.807) is 0 Å². The average molecular weight is 124 g/mol. The number of rotatable bonds is 0. The molecule has 0 aromatic rings. The monoisotopic (exact) mass is 124 g/mol. The Balaban J connectivity index is 2.26. The van der Waals surface area contributed by atoms with E-state index in [4.69, 9.17) is 0 Å². The first-order chi connectivity index (χ1) is 4.29. The summed E-state index contributed by atoms with van der Waals surface area (Å²) in [6.07, 6.45) is 3.56. The van der Waals surface area contributed by atoms with Gasteiger partial charge in [-0.1, -0.05) is 6.92 Å². The number of carbonyl (C=O) groups is 1. The Hall–Kier alpha value is -0.330. The molecule has 0 unspecified atom stereocenters. The number of Topliss-reactive ketones (excluding diaryl/α,β-unsaturated/α-hetero) is 1. The quantitative estimate of drug-likeness (QED) is 0.479. The molecule has 1 nitrogen and oxygen atoms in total. The minimum Gasteiger partial charge on any atom is -0.299 e. The van der Waals surface area contributed by atoms with Gasteiger partial charge in [0.05, 0.1) is 0 Å². The van der Waals surface area contributed by atoms with Gasteiger partial charge >= 0.3 is 0 Å². The fourth-order valence-corrected chi connectivity index (χ4v) is 2.38. The Labute approximate surface area is 55.4 Å². The van der Waals surface area contributed by atoms with Crippen LogP contribution in [0.1, 0.15) is 26.2 Å². The number of ketones is 1. The predicted molar refractivity (Wildman–Crippen MR) is 35.0 cm³/mol. The van der Waals surface area contributed by atoms with Gasteiger partial charge in [-0.25, -0.2) is 0 Å². The maximum Gasteiger partial charge on any atom is 0.139 e. The summed E-state index contributed by atoms with van der Waals surface area (Å²) in [4.78, 5) is 11.2. The molecular weight excluding hydrogens is 112 g/mol. The molecule has 1 heteroatoms. The molecule has 0 radical (unpaired) electrons. The van der Waals surface area contributed by atoms with Crippen LogP contribution in [0.4, 0.5) is 0 Å². The molecule has 2 saturated carbocycles. The molecule has 0 aliphatic heterocycles. The third kappa shape index (κ3) is 0.577. The zero-order valence-electron chi connectivity index (χ0n) is 5.76. The van der Waals surface area contributed by atoms with Crippen molar-refractivity contribution in [1.82, 2.24) is 0 Å². The molecule has 0 spiro atoms. The summed E-state index contributed by atoms with van der Waals surface area (Å²) in [5.74, 6) is 2.22. The fourth-order valence-electron chi connectivity index (χ4n) is 2.38. The van der Waals surface area contributed by atoms with E-state index in [2.05, 4.69) is 6.92 Å². The van der Waals surface area contributed by atoms with Crippen molar-refractivity contribution in [2.75, 3.05) is 0 Å². The molecule has 0 aromatic heterocycles. The van der Waals surface area contributed by atoms with E-state index in [1.807, 2.05) is 0 Å². The van der Waals surface area contributed by atoms with Crippen molar-refractivity contribution < 1.29 is 4.79 Å². The van der Waals surface area contributed by atoms with Crippen molar-refractivity contribution in [3.05, 3.63) is 0 Å². The summed E-state index contributed by atoms with van der Waals surface area (Å²) in [6.45, 7) is 2.21. The van der Waals surface area contributed by atoms with Crippen molar-refractivity contribution in [2.24, 2.45) is 17.8 Å². The Morgan fingerprint density at radius 1 is 1.44 bits per heavy atom. The summed E-state index contributed by atoms with van der Waals surface area (Å²) in [6, 6.07) is 0. The lowest BCUT2D eigenvalue weighted by Crippen LogP contribution is -2.07. The maximum atomic E-state index is 11.2. The number of hydrogen-bond acceptors (Lipinski definition) is 1. The van der Waals surface area contributed by atoms with Gasteiger partial charge < -0.3 is 0 Å². The molecule has 2 rings (SSSR count). The van der Waals surface area contributed by atoms with E-state index in [0.717, 1.165) is 0 Å². The van der Waals surface area contributed by atoms with E-state index < -0.39 is 0 Å². The van der Waals surface area contributed by atoms with Gasteiger partial charge in [0.2, 0.25) is 0 Å². The van der Waals surface area contributed by atoms with Crippen LogP contribution in [0.2, 0.25) is 0 Å². The van der Waals surface area contributed by atoms with E-state index in [9.17, 15) is 4.79 Å². The van der Waals surface area contributed by atoms with Crippen LogP contribution in [-0.4, -0.2) is 5.78 Å². The van der Waals surface area contributed by atoms with Gasteiger partial charge in [0.15, 0.2) is 0 Å². The second kappa shape index (κ2) is 1.59. The van der Waals surface area contributed by atoms with Crippen LogP contribution in [0.5, 0.6) is 0 Å². The maximum absolute atomic E-state index is 11.2. The minimum absolute atomic E-state index is 0.468. The normalized spacial score (nSPS) is 48.6. The van der Waals surface area contributed by atoms with Gasteiger partial charge in [-0.15, -0.1) is 0 Å². The minimum atomic E-state index is 0.468. The number of carbonyl (C=O) groups excluding carboxylic acids is 1. The molecule has 0 heterocycles. The van der Waals surface area contributed by atoms with Crippen molar-refractivity contribution in [1.29, 1.82) is 0 Å². The van der Waals surface area contributed by atoms with Gasteiger partial charge in [0.25, 0.3) is 0 Å². The summed E-state index contributed by atoms with van der Waals surface area (Å²) in [5, 5.41) is 0. The van der Waals surface area contributed by atoms with Gasteiger partial charge in [-0.2, -0.15) is 0 Å². The summed E-state index contributed by atoms with van der Waals surface area (Å²) in [5.41, 5.74) is 0. The molecule has 0 aromatic carbocycles. The van der Waals surface area contributed by atoms with Crippen LogP contribution < -0.4 is 0 Å². The zero-order valence-corrected chi connectivity index (χ0v) is 5.76. The highest BCUT2D eigenvalue weighted by Gasteiger charge is 2.44. The zero-order chi connectivity index (χ0) is 6.43. The molecular formula is C8H12O. The lowest BCUT2D eigenvalue weighted by Gasteiger charge is -2.13. The first-order valence-corrected chi connectivity index (χ1v) is 3.83. The third-order valence-electron chi connectivity index (χ3n) is 2.94. The number of hydrogen-bond donors (Lipinski definition) is 0. The van der Waals surface area contributed by atoms with Gasteiger partial charge in [0.1, 0.15) is 5.78 Å². The van der Waals surface area contributed by atoms with Gasteiger partial charge in [-0.3, -0.25) is 4.79 Å². The van der Waals surface area contributed by atoms with Gasteiger partial charge in [0, 0.05) is 11.8 Å². The highest BCUT2D eigenvalue weighted by atomic mass is 16.1. The SMILES string of the molecule is C[C@@H]1C[C@H]2CC[C@H]1C2=O. The summed E-state index contributed by atoms with van der Waals surface area (Å²) in [7, 11) is 0. The van der Waals surface area contributed by atoms with Crippen LogP contribution in [-0.2, 0) is 4.79 Å². The molecule has 0 saturated heterocycles. The fraction of sp³-hybridized carbons (Fsp3) is 0.875. The summed E-state index contributed by atoms with van der Waals surface area (Å²) < 4.78 is 0. The smallest absolute Gasteiger partial charge is 0.139 e. The van der Waals surface area contributed by atoms with E-state index >= 15 is 0 Å². The van der Waals surface area contributed by atoms with Crippen LogP contribution >= 0.6 is 0 Å². The molecule has 2 aliphatic carbocycles. The Morgan fingerprint density at radius 3 is 2.44 bits per heavy atom. The van der Waals surface area contributed by atoms with Crippen molar-refractivity contribution in [3.63, 3.8) is 0 Å². The topological polar surface area (TPSA) is 17.1 Å². The number of fused-ring (bicyclic) bond motifs is 2. The lowest BCUT2D eigenvalue weighted by atomic mass is 9.91. The predicted octanol–water partition coefficient (Wildman–Crippen LogP) is 1.62. The van der Waals surface area contributed by atoms with E-state index in [-0.39, 0.29) is 0 Å². The highest BCUT2D eigenvalue weighted by Crippen LogP contribution is 2.44. The van der Waals surface area contributed by atoms with Crippen LogP contribution in [0.15, 0.2) is 0 Å². The molecule has 9 heavy (non-hydrogen) atoms. The molecule has 2 bridgehead atoms. The first-order valence-electron chi connectivity index (χ1n) is 3.83. The van der Waals surface area contributed by atoms with E-state index in [0.29, 0.717) is 23.5 Å². The van der Waals surface area contributed by atoms with Crippen LogP contribution in [0.25, 0.3) is 0 Å². The molecule has 2 fully saturated rings. The van der Waals surface area contributed by atoms with Crippen molar-refractivity contribution >= 4 is 5.78 Å². The Kier molecular flexibility index (Phi) is 0.961. The Bertz CT molecular complexity index is 151. The lowest BCUT2D eigenvalue weighted by molar-refractivity contribution is -0.121. The second-order valence-corrected chi connectivity index (χ2v) is 3.50. The first kappa shape index (κ1) is 5.45. The molecule has 0 N–H and O–H groups in total. The second-order valence-electron chi connectivity index (χ2n) is 3.50. The highest BCUT2D eigenvalue weighted by molar-refractivity contribution is 5.87. The standard InChI is InChI=1S/C8H12O/c1-5-4-6-2-3-7(5)8(6)9/h5-7H,2-4H2,1H3/t5-,6-,7-/m1/s1. The average Bonchev–Trinajstić information content (AvgIpc) is 2.25. The largest absolute Gasteiger partial charge is 0.299 e. The van der Waals surface area contributed by atoms with Gasteiger partial charge in [-0.05, 0) is 25.2 Å². The molecule has 2 aliphatic rings. The van der Waals surface area contributed by atoms with Crippen LogP contribution in [0, 0.1) is 17.8 Å².